The van der Waals surface area contributed by atoms with E-state index < -0.39 is 86.8 Å². The number of nitrogens with one attached hydrogen (secondary N) is 1. The molecule has 2 fully saturated rings. The number of hydrogen-bond donors (Lipinski definition) is 9. The smallest absolute Gasteiger partial charge is 0.220 e. The van der Waals surface area contributed by atoms with Gasteiger partial charge in [-0.1, -0.05) is 347 Å². The van der Waals surface area contributed by atoms with Gasteiger partial charge in [-0.2, -0.15) is 0 Å². The Bertz CT molecular complexity index is 2220. The van der Waals surface area contributed by atoms with Crippen molar-refractivity contribution in [2.45, 2.75) is 389 Å². The molecule has 0 spiro atoms. The molecule has 2 aliphatic heterocycles. The van der Waals surface area contributed by atoms with Gasteiger partial charge in [0, 0.05) is 6.42 Å². The van der Waals surface area contributed by atoms with Crippen molar-refractivity contribution in [2.24, 2.45) is 0 Å². The Morgan fingerprint density at radius 2 is 0.683 bits per heavy atom. The van der Waals surface area contributed by atoms with Crippen molar-refractivity contribution in [3.8, 4) is 0 Å². The van der Waals surface area contributed by atoms with Crippen molar-refractivity contribution in [1.82, 2.24) is 5.32 Å². The molecular formula is C87H149NO13. The molecule has 0 aromatic rings. The molecule has 0 bridgehead atoms. The molecule has 0 aromatic carbocycles. The van der Waals surface area contributed by atoms with E-state index in [-0.39, 0.29) is 18.9 Å². The number of carbonyl (C=O) groups is 1. The molecule has 14 heteroatoms. The van der Waals surface area contributed by atoms with Crippen LogP contribution in [0.3, 0.4) is 0 Å². The quantitative estimate of drug-likeness (QED) is 0.0204. The van der Waals surface area contributed by atoms with E-state index in [0.717, 1.165) is 109 Å². The van der Waals surface area contributed by atoms with Crippen molar-refractivity contribution in [2.75, 3.05) is 19.8 Å². The molecule has 9 N–H and O–H groups in total. The molecule has 2 aliphatic rings. The molecule has 580 valence electrons. The summed E-state index contributed by atoms with van der Waals surface area (Å²) >= 11 is 0. The van der Waals surface area contributed by atoms with Crippen LogP contribution in [0.5, 0.6) is 0 Å². The maximum Gasteiger partial charge on any atom is 0.220 e. The van der Waals surface area contributed by atoms with Gasteiger partial charge in [0.25, 0.3) is 0 Å². The number of carbonyl (C=O) groups excluding carboxylic acids is 1. The van der Waals surface area contributed by atoms with Gasteiger partial charge in [0.2, 0.25) is 5.91 Å². The maximum atomic E-state index is 13.4. The molecule has 0 radical (unpaired) electrons. The van der Waals surface area contributed by atoms with Gasteiger partial charge in [0.15, 0.2) is 12.6 Å². The van der Waals surface area contributed by atoms with Crippen molar-refractivity contribution in [3.05, 3.63) is 134 Å². The second kappa shape index (κ2) is 69.2. The van der Waals surface area contributed by atoms with Gasteiger partial charge in [-0.3, -0.25) is 4.79 Å². The molecule has 0 saturated carbocycles. The first-order chi connectivity index (χ1) is 49.6. The molecule has 12 unspecified atom stereocenters. The van der Waals surface area contributed by atoms with Crippen molar-refractivity contribution in [3.63, 3.8) is 0 Å². The summed E-state index contributed by atoms with van der Waals surface area (Å²) < 4.78 is 22.9. The zero-order valence-corrected chi connectivity index (χ0v) is 63.6. The van der Waals surface area contributed by atoms with Gasteiger partial charge >= 0.3 is 0 Å². The number of aliphatic hydroxyl groups excluding tert-OH is 8. The molecule has 0 aliphatic carbocycles. The largest absolute Gasteiger partial charge is 0.394 e. The van der Waals surface area contributed by atoms with Crippen LogP contribution < -0.4 is 5.32 Å². The molecule has 0 aromatic heterocycles. The highest BCUT2D eigenvalue weighted by atomic mass is 16.7. The van der Waals surface area contributed by atoms with Crippen LogP contribution in [-0.2, 0) is 23.7 Å². The minimum atomic E-state index is -1.80. The molecule has 101 heavy (non-hydrogen) atoms. The maximum absolute atomic E-state index is 13.4. The Hall–Kier alpha value is -3.87. The first-order valence-corrected chi connectivity index (χ1v) is 40.9. The van der Waals surface area contributed by atoms with Crippen LogP contribution in [0.1, 0.15) is 316 Å². The van der Waals surface area contributed by atoms with E-state index in [2.05, 4.69) is 141 Å². The molecule has 1 amide bonds. The number of aliphatic hydroxyl groups is 8. The fourth-order valence-electron chi connectivity index (χ4n) is 12.7. The third-order valence-corrected chi connectivity index (χ3v) is 19.1. The van der Waals surface area contributed by atoms with Crippen molar-refractivity contribution < 1.29 is 64.6 Å². The predicted octanol–water partition coefficient (Wildman–Crippen LogP) is 19.0. The average Bonchev–Trinajstić information content (AvgIpc) is 0.792. The number of allylic oxidation sites excluding steroid dienone is 21. The summed E-state index contributed by atoms with van der Waals surface area (Å²) in [6, 6.07) is -0.928. The van der Waals surface area contributed by atoms with E-state index >= 15 is 0 Å². The van der Waals surface area contributed by atoms with Crippen LogP contribution in [-0.4, -0.2) is 140 Å². The second-order valence-electron chi connectivity index (χ2n) is 28.2. The summed E-state index contributed by atoms with van der Waals surface area (Å²) in [5.41, 5.74) is 0. The van der Waals surface area contributed by atoms with Crippen LogP contribution in [0.15, 0.2) is 134 Å². The highest BCUT2D eigenvalue weighted by Crippen LogP contribution is 2.30. The Morgan fingerprint density at radius 3 is 1.05 bits per heavy atom. The summed E-state index contributed by atoms with van der Waals surface area (Å²) in [4.78, 5) is 13.4. The minimum absolute atomic E-state index is 0.245. The van der Waals surface area contributed by atoms with E-state index in [0.29, 0.717) is 6.42 Å². The third-order valence-electron chi connectivity index (χ3n) is 19.1. The van der Waals surface area contributed by atoms with Gasteiger partial charge in [-0.15, -0.1) is 0 Å². The first-order valence-electron chi connectivity index (χ1n) is 40.9. The SMILES string of the molecule is CC/C=C\C/C=C\C/C=C\C/C=C\C/C=C\C/C=C\C/C=C\C/C=C\C/C=C\C/C=C\CCCCCCCCCCCCC(=O)NC(COC1OC(CO)C(OC2OC(CO)C(O)C(O)C2O)C(O)C1O)C(O)/C=C/CCCCCCCCCCCCCCCCCCCCCCCCCC. The number of hydrogen-bond acceptors (Lipinski definition) is 13. The van der Waals surface area contributed by atoms with E-state index in [1.807, 2.05) is 6.08 Å². The van der Waals surface area contributed by atoms with Gasteiger partial charge in [-0.25, -0.2) is 0 Å². The number of ether oxygens (including phenoxy) is 4. The summed E-state index contributed by atoms with van der Waals surface area (Å²) in [5.74, 6) is -0.245. The van der Waals surface area contributed by atoms with Gasteiger partial charge in [-0.05, 0) is 96.3 Å². The van der Waals surface area contributed by atoms with Gasteiger partial charge in [0.05, 0.1) is 32.0 Å². The summed E-state index contributed by atoms with van der Waals surface area (Å²) in [5, 5.41) is 87.7. The normalized spacial score (nSPS) is 22.5. The molecule has 14 nitrogen and oxygen atoms in total. The summed E-state index contributed by atoms with van der Waals surface area (Å²) in [6.07, 6.45) is 86.6. The monoisotopic (exact) mass is 1420 g/mol. The molecule has 2 heterocycles. The number of rotatable bonds is 67. The van der Waals surface area contributed by atoms with E-state index in [9.17, 15) is 45.6 Å². The lowest BCUT2D eigenvalue weighted by Gasteiger charge is -2.46. The Labute approximate surface area is 615 Å². The summed E-state index contributed by atoms with van der Waals surface area (Å²) in [6.45, 7) is 2.71. The third kappa shape index (κ3) is 51.9. The fraction of sp³-hybridized carbons (Fsp3) is 0.736. The number of unbranched alkanes of at least 4 members (excludes halogenated alkanes) is 34. The highest BCUT2D eigenvalue weighted by Gasteiger charge is 2.51. The molecule has 2 saturated heterocycles. The zero-order chi connectivity index (χ0) is 73.0. The van der Waals surface area contributed by atoms with Crippen LogP contribution in [0.2, 0.25) is 0 Å². The first kappa shape index (κ1) is 93.2. The van der Waals surface area contributed by atoms with E-state index in [4.69, 9.17) is 18.9 Å². The van der Waals surface area contributed by atoms with E-state index in [1.165, 1.54) is 180 Å². The van der Waals surface area contributed by atoms with Crippen LogP contribution in [0.25, 0.3) is 0 Å². The van der Waals surface area contributed by atoms with Gasteiger partial charge < -0.3 is 65.1 Å². The summed E-state index contributed by atoms with van der Waals surface area (Å²) in [7, 11) is 0. The fourth-order valence-corrected chi connectivity index (χ4v) is 12.7. The Balaban J connectivity index is 1.62. The lowest BCUT2D eigenvalue weighted by Crippen LogP contribution is -2.65. The van der Waals surface area contributed by atoms with Crippen molar-refractivity contribution >= 4 is 5.91 Å². The lowest BCUT2D eigenvalue weighted by atomic mass is 9.97. The topological polar surface area (TPSA) is 228 Å². The Morgan fingerprint density at radius 1 is 0.366 bits per heavy atom. The lowest BCUT2D eigenvalue weighted by molar-refractivity contribution is -0.359. The molecular weight excluding hydrogens is 1270 g/mol. The van der Waals surface area contributed by atoms with Crippen LogP contribution in [0.4, 0.5) is 0 Å². The number of amides is 1. The Kier molecular flexibility index (Phi) is 63.9. The minimum Gasteiger partial charge on any atom is -0.394 e. The van der Waals surface area contributed by atoms with Gasteiger partial charge in [0.1, 0.15) is 48.8 Å². The van der Waals surface area contributed by atoms with E-state index in [1.54, 1.807) is 6.08 Å². The standard InChI is InChI=1S/C87H149NO13/c1-3-5-7-9-11-13-15-17-19-21-23-25-27-29-31-32-33-34-35-36-37-38-39-40-41-42-43-44-45-47-49-51-53-55-57-59-61-63-65-67-69-71-79(92)88-75(74-98-86-84(97)82(95)85(78(73-90)100-86)101-87-83(96)81(94)80(93)77(72-89)99-87)76(91)70-68-66-64-62-60-58-56-54-52-50-48-46-30-28-26-24-22-20-18-16-14-12-10-8-6-4-2/h5,7,11,13,17,19,23,25,29,31,33-34,36-37,39-40,42-43,45,47,68,70,75-78,80-87,89-91,93-97H,3-4,6,8-10,12,14-16,18,20-22,24,26-28,30,32,35,38,41,44,46,48-67,69,71-74H2,1-2H3,(H,88,92)/b7-5-,13-11-,19-17-,25-23-,31-29-,34-33-,37-36-,40-39-,43-42-,47-45-,70-68+. The molecule has 12 atom stereocenters. The van der Waals surface area contributed by atoms with Crippen LogP contribution >= 0.6 is 0 Å². The highest BCUT2D eigenvalue weighted by molar-refractivity contribution is 5.76. The molecule has 2 rings (SSSR count). The van der Waals surface area contributed by atoms with Crippen LogP contribution in [0, 0.1) is 0 Å². The second-order valence-corrected chi connectivity index (χ2v) is 28.2. The average molecular weight is 1420 g/mol. The van der Waals surface area contributed by atoms with Crippen molar-refractivity contribution in [1.29, 1.82) is 0 Å². The zero-order valence-electron chi connectivity index (χ0n) is 63.6. The predicted molar refractivity (Wildman–Crippen MR) is 419 cm³/mol.